The van der Waals surface area contributed by atoms with Gasteiger partial charge in [0.15, 0.2) is 0 Å². The Kier molecular flexibility index (Phi) is 3.80. The molecule has 5 aliphatic carbocycles. The Hall–Kier alpha value is -0.550. The second-order valence-electron chi connectivity index (χ2n) is 10.7. The highest BCUT2D eigenvalue weighted by Gasteiger charge is 2.62. The molecule has 0 amide bonds. The molecule has 5 aliphatic rings. The van der Waals surface area contributed by atoms with Crippen molar-refractivity contribution in [2.75, 3.05) is 0 Å². The molecule has 2 heteroatoms. The maximum Gasteiger partial charge on any atom is 0.0656 e. The quantitative estimate of drug-likeness (QED) is 0.649. The Morgan fingerprint density at radius 2 is 1.68 bits per heavy atom. The van der Waals surface area contributed by atoms with E-state index in [1.807, 2.05) is 0 Å². The summed E-state index contributed by atoms with van der Waals surface area (Å²) >= 11 is 0. The van der Waals surface area contributed by atoms with E-state index in [-0.39, 0.29) is 6.10 Å². The Morgan fingerprint density at radius 3 is 2.52 bits per heavy atom. The van der Waals surface area contributed by atoms with E-state index in [1.54, 1.807) is 0 Å². The third kappa shape index (κ3) is 2.24. The number of hydrogen-bond acceptors (Lipinski definition) is 2. The molecule has 0 aromatic rings. The lowest BCUT2D eigenvalue weighted by Gasteiger charge is -2.62. The SMILES string of the molecule is C[C@]12CC[C@@H](O)C[C@@H]1CCC1C3CC[C@@H]4CC[C@@H](C#N)C[C@]34CCC12. The second kappa shape index (κ2) is 5.72. The number of nitrogens with zero attached hydrogens (tertiary/aromatic N) is 1. The van der Waals surface area contributed by atoms with Gasteiger partial charge in [-0.05, 0) is 117 Å². The summed E-state index contributed by atoms with van der Waals surface area (Å²) in [5, 5.41) is 19.8. The third-order valence-corrected chi connectivity index (χ3v) is 10.2. The minimum atomic E-state index is -0.0323. The molecule has 0 aliphatic heterocycles. The highest BCUT2D eigenvalue weighted by molar-refractivity contribution is 5.13. The molecule has 0 aromatic heterocycles. The van der Waals surface area contributed by atoms with E-state index >= 15 is 0 Å². The van der Waals surface area contributed by atoms with Gasteiger partial charge in [0.05, 0.1) is 12.2 Å². The summed E-state index contributed by atoms with van der Waals surface area (Å²) in [7, 11) is 0. The molecule has 9 atom stereocenters. The van der Waals surface area contributed by atoms with Crippen molar-refractivity contribution >= 4 is 0 Å². The van der Waals surface area contributed by atoms with Crippen molar-refractivity contribution < 1.29 is 5.11 Å². The van der Waals surface area contributed by atoms with Crippen LogP contribution in [0.1, 0.15) is 84.0 Å². The van der Waals surface area contributed by atoms with Crippen LogP contribution in [0.25, 0.3) is 0 Å². The molecule has 0 heterocycles. The molecule has 3 unspecified atom stereocenters. The maximum atomic E-state index is 10.2. The largest absolute Gasteiger partial charge is 0.393 e. The summed E-state index contributed by atoms with van der Waals surface area (Å²) in [5.41, 5.74) is 1.03. The third-order valence-electron chi connectivity index (χ3n) is 10.2. The minimum absolute atomic E-state index is 0.0323. The van der Waals surface area contributed by atoms with Crippen LogP contribution in [0.2, 0.25) is 0 Å². The van der Waals surface area contributed by atoms with Crippen LogP contribution in [0.15, 0.2) is 0 Å². The highest BCUT2D eigenvalue weighted by Crippen LogP contribution is 2.70. The Labute approximate surface area is 153 Å². The van der Waals surface area contributed by atoms with E-state index in [0.29, 0.717) is 16.7 Å². The van der Waals surface area contributed by atoms with Gasteiger partial charge in [0.1, 0.15) is 0 Å². The van der Waals surface area contributed by atoms with E-state index in [0.717, 1.165) is 42.4 Å². The molecule has 25 heavy (non-hydrogen) atoms. The van der Waals surface area contributed by atoms with Crippen molar-refractivity contribution in [2.24, 2.45) is 46.3 Å². The maximum absolute atomic E-state index is 10.2. The van der Waals surface area contributed by atoms with Crippen molar-refractivity contribution in [1.82, 2.24) is 0 Å². The molecule has 2 nitrogen and oxygen atoms in total. The lowest BCUT2D eigenvalue weighted by atomic mass is 9.43. The summed E-state index contributed by atoms with van der Waals surface area (Å²) in [6, 6.07) is 2.65. The van der Waals surface area contributed by atoms with Crippen LogP contribution in [0.5, 0.6) is 0 Å². The lowest BCUT2D eigenvalue weighted by Crippen LogP contribution is -2.55. The molecular weight excluding hydrogens is 306 g/mol. The molecule has 0 bridgehead atoms. The van der Waals surface area contributed by atoms with Gasteiger partial charge in [0.25, 0.3) is 0 Å². The standard InChI is InChI=1S/C23H35NO/c1-22-10-8-18(25)12-17(22)4-6-19-20(22)9-11-23-13-15(14-24)2-3-16(23)5-7-21(19)23/h15-21,25H,2-13H2,1H3/t15-,16+,17+,18-,19?,20?,21?,22+,23+/m1/s1. The number of hydrogen-bond donors (Lipinski definition) is 1. The minimum Gasteiger partial charge on any atom is -0.393 e. The molecule has 0 saturated heterocycles. The van der Waals surface area contributed by atoms with Gasteiger partial charge in [-0.25, -0.2) is 0 Å². The number of nitriles is 1. The molecule has 1 N–H and O–H groups in total. The molecule has 5 saturated carbocycles. The summed E-state index contributed by atoms with van der Waals surface area (Å²) in [4.78, 5) is 0. The Morgan fingerprint density at radius 1 is 0.880 bits per heavy atom. The van der Waals surface area contributed by atoms with E-state index < -0.39 is 0 Å². The average Bonchev–Trinajstić information content (AvgIpc) is 3.01. The van der Waals surface area contributed by atoms with Crippen molar-refractivity contribution in [2.45, 2.75) is 90.1 Å². The first-order valence-corrected chi connectivity index (χ1v) is 11.1. The molecule has 0 aromatic carbocycles. The van der Waals surface area contributed by atoms with Crippen LogP contribution < -0.4 is 0 Å². The first kappa shape index (κ1) is 16.6. The van der Waals surface area contributed by atoms with Crippen LogP contribution in [0, 0.1) is 57.7 Å². The number of fused-ring (bicyclic) bond motifs is 4. The predicted molar refractivity (Wildman–Crippen MR) is 98.5 cm³/mol. The van der Waals surface area contributed by atoms with Crippen molar-refractivity contribution in [1.29, 1.82) is 5.26 Å². The van der Waals surface area contributed by atoms with Gasteiger partial charge in [-0.1, -0.05) is 6.92 Å². The smallest absolute Gasteiger partial charge is 0.0656 e. The van der Waals surface area contributed by atoms with Gasteiger partial charge in [-0.2, -0.15) is 5.26 Å². The molecule has 5 rings (SSSR count). The van der Waals surface area contributed by atoms with E-state index in [1.165, 1.54) is 64.2 Å². The van der Waals surface area contributed by atoms with Gasteiger partial charge < -0.3 is 5.11 Å². The van der Waals surface area contributed by atoms with Gasteiger partial charge in [-0.15, -0.1) is 0 Å². The summed E-state index contributed by atoms with van der Waals surface area (Å²) in [5.74, 6) is 4.77. The van der Waals surface area contributed by atoms with E-state index in [9.17, 15) is 10.4 Å². The lowest BCUT2D eigenvalue weighted by molar-refractivity contribution is -0.138. The number of rotatable bonds is 0. The van der Waals surface area contributed by atoms with Gasteiger partial charge >= 0.3 is 0 Å². The fourth-order valence-electron chi connectivity index (χ4n) is 9.08. The zero-order chi connectivity index (χ0) is 17.2. The molecule has 138 valence electrons. The topological polar surface area (TPSA) is 44.0 Å². The zero-order valence-corrected chi connectivity index (χ0v) is 15.9. The van der Waals surface area contributed by atoms with E-state index in [4.69, 9.17) is 0 Å². The number of aliphatic hydroxyl groups excluding tert-OH is 1. The second-order valence-corrected chi connectivity index (χ2v) is 10.7. The average molecular weight is 342 g/mol. The Balaban J connectivity index is 1.44. The van der Waals surface area contributed by atoms with Gasteiger partial charge in [0.2, 0.25) is 0 Å². The first-order valence-electron chi connectivity index (χ1n) is 11.1. The monoisotopic (exact) mass is 341 g/mol. The van der Waals surface area contributed by atoms with Crippen LogP contribution in [0.4, 0.5) is 0 Å². The van der Waals surface area contributed by atoms with Gasteiger partial charge in [0, 0.05) is 5.92 Å². The molecule has 0 radical (unpaired) electrons. The Bertz CT molecular complexity index is 581. The summed E-state index contributed by atoms with van der Waals surface area (Å²) < 4.78 is 0. The van der Waals surface area contributed by atoms with Crippen LogP contribution in [-0.2, 0) is 0 Å². The highest BCUT2D eigenvalue weighted by atomic mass is 16.3. The fourth-order valence-corrected chi connectivity index (χ4v) is 9.08. The molecule has 1 spiro atoms. The van der Waals surface area contributed by atoms with Crippen molar-refractivity contribution in [3.63, 3.8) is 0 Å². The zero-order valence-electron chi connectivity index (χ0n) is 15.9. The predicted octanol–water partition coefficient (Wildman–Crippen LogP) is 5.31. The first-order chi connectivity index (χ1) is 12.1. The van der Waals surface area contributed by atoms with Crippen LogP contribution >= 0.6 is 0 Å². The summed E-state index contributed by atoms with van der Waals surface area (Å²) in [6.45, 7) is 2.59. The molecular formula is C23H35NO. The normalized spacial score (nSPS) is 57.6. The van der Waals surface area contributed by atoms with Crippen molar-refractivity contribution in [3.05, 3.63) is 0 Å². The fraction of sp³-hybridized carbons (Fsp3) is 0.957. The summed E-state index contributed by atoms with van der Waals surface area (Å²) in [6.07, 6.45) is 15.5. The van der Waals surface area contributed by atoms with Crippen molar-refractivity contribution in [3.8, 4) is 6.07 Å². The van der Waals surface area contributed by atoms with Gasteiger partial charge in [-0.3, -0.25) is 0 Å². The van der Waals surface area contributed by atoms with Crippen LogP contribution in [0.3, 0.4) is 0 Å². The number of aliphatic hydroxyl groups is 1. The van der Waals surface area contributed by atoms with E-state index in [2.05, 4.69) is 13.0 Å². The van der Waals surface area contributed by atoms with Crippen LogP contribution in [-0.4, -0.2) is 11.2 Å². The molecule has 5 fully saturated rings.